The van der Waals surface area contributed by atoms with E-state index in [9.17, 15) is 9.90 Å². The molecule has 0 spiro atoms. The zero-order chi connectivity index (χ0) is 19.8. The number of oxazole rings is 1. The Morgan fingerprint density at radius 2 is 1.79 bits per heavy atom. The van der Waals surface area contributed by atoms with E-state index >= 15 is 0 Å². The number of hydrogen-bond donors (Lipinski definition) is 3. The van der Waals surface area contributed by atoms with E-state index < -0.39 is 5.76 Å². The Morgan fingerprint density at radius 3 is 2.52 bits per heavy atom. The first-order valence-electron chi connectivity index (χ1n) is 8.77. The second-order valence-corrected chi connectivity index (χ2v) is 7.36. The number of rotatable bonds is 4. The smallest absolute Gasteiger partial charge is 0.419 e. The Kier molecular flexibility index (Phi) is 4.10. The molecule has 3 aromatic heterocycles. The van der Waals surface area contributed by atoms with Gasteiger partial charge in [-0.05, 0) is 35.9 Å². The molecule has 5 rings (SSSR count). The van der Waals surface area contributed by atoms with Crippen molar-refractivity contribution in [3.8, 4) is 27.6 Å². The molecule has 0 aliphatic rings. The SMILES string of the molecule is O=c1[nH]c(O)c(-c2ccc(Nc3ncnc4cc(-c5ccccc5)sc34)cc2)o1. The maximum absolute atomic E-state index is 11.2. The van der Waals surface area contributed by atoms with E-state index in [-0.39, 0.29) is 11.6 Å². The third kappa shape index (κ3) is 3.26. The molecule has 0 radical (unpaired) electrons. The molecule has 0 aliphatic carbocycles. The van der Waals surface area contributed by atoms with E-state index in [0.717, 1.165) is 26.3 Å². The van der Waals surface area contributed by atoms with E-state index in [1.54, 1.807) is 23.5 Å². The van der Waals surface area contributed by atoms with Crippen molar-refractivity contribution in [2.45, 2.75) is 0 Å². The van der Waals surface area contributed by atoms with E-state index in [0.29, 0.717) is 11.4 Å². The number of fused-ring (bicyclic) bond motifs is 1. The van der Waals surface area contributed by atoms with Gasteiger partial charge in [0.15, 0.2) is 11.6 Å². The molecule has 2 aromatic carbocycles. The molecule has 0 bridgehead atoms. The van der Waals surface area contributed by atoms with Crippen LogP contribution in [0.4, 0.5) is 11.5 Å². The van der Waals surface area contributed by atoms with E-state index in [1.165, 1.54) is 6.33 Å². The number of aromatic nitrogens is 3. The lowest BCUT2D eigenvalue weighted by Crippen LogP contribution is -1.94. The van der Waals surface area contributed by atoms with Crippen molar-refractivity contribution in [2.24, 2.45) is 0 Å². The monoisotopic (exact) mass is 402 g/mol. The minimum atomic E-state index is -0.699. The normalized spacial score (nSPS) is 11.0. The number of nitrogens with one attached hydrogen (secondary N) is 2. The first kappa shape index (κ1) is 17.2. The van der Waals surface area contributed by atoms with Crippen molar-refractivity contribution >= 4 is 33.1 Å². The van der Waals surface area contributed by atoms with E-state index in [1.807, 2.05) is 30.3 Å². The zero-order valence-electron chi connectivity index (χ0n) is 14.9. The fourth-order valence-electron chi connectivity index (χ4n) is 3.05. The molecule has 7 nitrogen and oxygen atoms in total. The Hall–Kier alpha value is -3.91. The molecule has 5 aromatic rings. The number of nitrogens with zero attached hydrogens (tertiary/aromatic N) is 2. The summed E-state index contributed by atoms with van der Waals surface area (Å²) < 4.78 is 5.92. The molecule has 0 fully saturated rings. The number of aromatic hydroxyl groups is 1. The highest BCUT2D eigenvalue weighted by Crippen LogP contribution is 2.36. The first-order valence-corrected chi connectivity index (χ1v) is 9.58. The molecule has 0 amide bonds. The molecule has 142 valence electrons. The van der Waals surface area contributed by atoms with Crippen molar-refractivity contribution < 1.29 is 9.52 Å². The molecule has 0 unspecified atom stereocenters. The Morgan fingerprint density at radius 1 is 1.00 bits per heavy atom. The maximum Gasteiger partial charge on any atom is 0.419 e. The molecule has 0 saturated carbocycles. The van der Waals surface area contributed by atoms with Crippen LogP contribution in [0.1, 0.15) is 0 Å². The molecule has 29 heavy (non-hydrogen) atoms. The lowest BCUT2D eigenvalue weighted by molar-refractivity contribution is 0.452. The number of benzene rings is 2. The third-order valence-corrected chi connectivity index (χ3v) is 5.59. The van der Waals surface area contributed by atoms with Gasteiger partial charge in [0.1, 0.15) is 6.33 Å². The summed E-state index contributed by atoms with van der Waals surface area (Å²) in [5.41, 5.74) is 3.41. The van der Waals surface area contributed by atoms with Crippen molar-refractivity contribution in [3.63, 3.8) is 0 Å². The summed E-state index contributed by atoms with van der Waals surface area (Å²) in [7, 11) is 0. The topological polar surface area (TPSA) is 104 Å². The Bertz CT molecular complexity index is 1350. The summed E-state index contributed by atoms with van der Waals surface area (Å²) in [6.07, 6.45) is 1.53. The van der Waals surface area contributed by atoms with Crippen molar-refractivity contribution in [1.82, 2.24) is 15.0 Å². The van der Waals surface area contributed by atoms with Crippen molar-refractivity contribution in [3.05, 3.63) is 77.5 Å². The Labute approximate surface area is 168 Å². The van der Waals surface area contributed by atoms with Crippen LogP contribution in [0.2, 0.25) is 0 Å². The first-order chi connectivity index (χ1) is 14.2. The van der Waals surface area contributed by atoms with Gasteiger partial charge in [-0.3, -0.25) is 4.98 Å². The lowest BCUT2D eigenvalue weighted by Gasteiger charge is -2.06. The summed E-state index contributed by atoms with van der Waals surface area (Å²) in [4.78, 5) is 23.3. The summed E-state index contributed by atoms with van der Waals surface area (Å²) in [6.45, 7) is 0. The molecule has 3 heterocycles. The van der Waals surface area contributed by atoms with Gasteiger partial charge in [-0.25, -0.2) is 14.8 Å². The summed E-state index contributed by atoms with van der Waals surface area (Å²) in [5, 5.41) is 13.0. The molecule has 8 heteroatoms. The zero-order valence-corrected chi connectivity index (χ0v) is 15.7. The van der Waals surface area contributed by atoms with Crippen molar-refractivity contribution in [1.29, 1.82) is 0 Å². The van der Waals surface area contributed by atoms with Crippen LogP contribution in [-0.2, 0) is 0 Å². The van der Waals surface area contributed by atoms with Gasteiger partial charge in [0.2, 0.25) is 5.88 Å². The third-order valence-electron chi connectivity index (χ3n) is 4.41. The second-order valence-electron chi connectivity index (χ2n) is 6.31. The van der Waals surface area contributed by atoms with Gasteiger partial charge in [-0.2, -0.15) is 0 Å². The number of anilines is 2. The van der Waals surface area contributed by atoms with E-state index in [4.69, 9.17) is 4.42 Å². The van der Waals surface area contributed by atoms with Gasteiger partial charge in [-0.15, -0.1) is 11.3 Å². The van der Waals surface area contributed by atoms with Crippen molar-refractivity contribution in [2.75, 3.05) is 5.32 Å². The fraction of sp³-hybridized carbons (Fsp3) is 0. The average molecular weight is 402 g/mol. The van der Waals surface area contributed by atoms with Crippen LogP contribution in [0.25, 0.3) is 32.0 Å². The minimum Gasteiger partial charge on any atom is -0.492 e. The van der Waals surface area contributed by atoms with Gasteiger partial charge in [0.05, 0.1) is 10.2 Å². The van der Waals surface area contributed by atoms with Gasteiger partial charge < -0.3 is 14.8 Å². The predicted molar refractivity (Wildman–Crippen MR) is 113 cm³/mol. The number of H-pyrrole nitrogens is 1. The summed E-state index contributed by atoms with van der Waals surface area (Å²) in [6, 6.07) is 19.3. The molecule has 0 atom stereocenters. The van der Waals surface area contributed by atoms with Gasteiger partial charge in [-0.1, -0.05) is 30.3 Å². The largest absolute Gasteiger partial charge is 0.492 e. The quantitative estimate of drug-likeness (QED) is 0.401. The fourth-order valence-corrected chi connectivity index (χ4v) is 4.11. The number of aromatic amines is 1. The molecule has 3 N–H and O–H groups in total. The molecule has 0 aliphatic heterocycles. The van der Waals surface area contributed by atoms with Crippen LogP contribution in [0.15, 0.2) is 76.2 Å². The Balaban J connectivity index is 1.46. The predicted octanol–water partition coefficient (Wildman–Crippen LogP) is 4.76. The molecular weight excluding hydrogens is 388 g/mol. The van der Waals surface area contributed by atoms with Crippen LogP contribution in [0.3, 0.4) is 0 Å². The van der Waals surface area contributed by atoms with Crippen LogP contribution in [0.5, 0.6) is 5.88 Å². The second kappa shape index (κ2) is 6.92. The average Bonchev–Trinajstić information content (AvgIpc) is 3.33. The van der Waals surface area contributed by atoms with Crippen LogP contribution < -0.4 is 11.1 Å². The molecule has 0 saturated heterocycles. The van der Waals surface area contributed by atoms with Gasteiger partial charge in [0.25, 0.3) is 0 Å². The number of hydrogen-bond acceptors (Lipinski definition) is 7. The van der Waals surface area contributed by atoms with Gasteiger partial charge >= 0.3 is 5.76 Å². The van der Waals surface area contributed by atoms with Crippen LogP contribution >= 0.6 is 11.3 Å². The highest BCUT2D eigenvalue weighted by molar-refractivity contribution is 7.22. The molecular formula is C21H14N4O3S. The summed E-state index contributed by atoms with van der Waals surface area (Å²) in [5.74, 6) is -0.169. The van der Waals surface area contributed by atoms with Crippen LogP contribution in [0, 0.1) is 0 Å². The van der Waals surface area contributed by atoms with Gasteiger partial charge in [0, 0.05) is 16.1 Å². The van der Waals surface area contributed by atoms with E-state index in [2.05, 4.69) is 38.5 Å². The number of thiophene rings is 1. The minimum absolute atomic E-state index is 0.108. The maximum atomic E-state index is 11.2. The lowest BCUT2D eigenvalue weighted by atomic mass is 10.1. The standard InChI is InChI=1S/C21H14N4O3S/c26-20-17(28-21(27)25-20)13-6-8-14(9-7-13)24-19-18-15(22-11-23-19)10-16(29-18)12-4-2-1-3-5-12/h1-11,26H,(H,25,27)(H,22,23,24). The highest BCUT2D eigenvalue weighted by atomic mass is 32.1. The highest BCUT2D eigenvalue weighted by Gasteiger charge is 2.13. The summed E-state index contributed by atoms with van der Waals surface area (Å²) >= 11 is 1.63. The van der Waals surface area contributed by atoms with Crippen LogP contribution in [-0.4, -0.2) is 20.1 Å².